The topological polar surface area (TPSA) is 59.3 Å². The highest BCUT2D eigenvalue weighted by atomic mass is 32.2. The molecule has 1 saturated heterocycles. The third-order valence-corrected chi connectivity index (χ3v) is 4.84. The summed E-state index contributed by atoms with van der Waals surface area (Å²) in [5, 5.41) is 3.26. The lowest BCUT2D eigenvalue weighted by Gasteiger charge is -2.43. The van der Waals surface area contributed by atoms with Crippen molar-refractivity contribution >= 4 is 9.84 Å². The fourth-order valence-electron chi connectivity index (χ4n) is 2.41. The van der Waals surface area contributed by atoms with Crippen LogP contribution in [0.3, 0.4) is 0 Å². The van der Waals surface area contributed by atoms with Crippen LogP contribution in [-0.2, 0) is 21.8 Å². The SMILES string of the molecule is O=S1(=O)CC2(C1)NCCc1ccoc12. The van der Waals surface area contributed by atoms with E-state index in [9.17, 15) is 8.42 Å². The standard InChI is InChI=1S/C9H11NO3S/c11-14(12)5-9(6-14)8-7(1-3-10-9)2-4-13-8/h2,4,10H,1,3,5-6H2. The summed E-state index contributed by atoms with van der Waals surface area (Å²) in [4.78, 5) is 0. The van der Waals surface area contributed by atoms with E-state index in [1.54, 1.807) is 6.26 Å². The normalized spacial score (nSPS) is 26.9. The van der Waals surface area contributed by atoms with Crippen molar-refractivity contribution in [1.82, 2.24) is 5.32 Å². The van der Waals surface area contributed by atoms with Gasteiger partial charge in [-0.25, -0.2) is 8.42 Å². The molecule has 0 radical (unpaired) electrons. The molecular weight excluding hydrogens is 202 g/mol. The van der Waals surface area contributed by atoms with Gasteiger partial charge in [-0.2, -0.15) is 0 Å². The number of fused-ring (bicyclic) bond motifs is 2. The monoisotopic (exact) mass is 213 g/mol. The van der Waals surface area contributed by atoms with E-state index in [1.807, 2.05) is 6.07 Å². The Morgan fingerprint density at radius 3 is 2.93 bits per heavy atom. The van der Waals surface area contributed by atoms with Crippen LogP contribution in [0.5, 0.6) is 0 Å². The molecule has 76 valence electrons. The van der Waals surface area contributed by atoms with Gasteiger partial charge in [0.2, 0.25) is 0 Å². The number of sulfone groups is 1. The molecule has 0 bridgehead atoms. The van der Waals surface area contributed by atoms with E-state index in [4.69, 9.17) is 4.42 Å². The average molecular weight is 213 g/mol. The number of hydrogen-bond acceptors (Lipinski definition) is 4. The van der Waals surface area contributed by atoms with Crippen molar-refractivity contribution < 1.29 is 12.8 Å². The minimum Gasteiger partial charge on any atom is -0.467 e. The summed E-state index contributed by atoms with van der Waals surface area (Å²) in [5.41, 5.74) is 0.745. The predicted molar refractivity (Wildman–Crippen MR) is 50.7 cm³/mol. The molecular formula is C9H11NO3S. The van der Waals surface area contributed by atoms with Gasteiger partial charge in [-0.15, -0.1) is 0 Å². The zero-order valence-electron chi connectivity index (χ0n) is 7.62. The molecule has 1 spiro atoms. The van der Waals surface area contributed by atoms with Crippen LogP contribution in [0.2, 0.25) is 0 Å². The summed E-state index contributed by atoms with van der Waals surface area (Å²) in [6, 6.07) is 1.93. The number of rotatable bonds is 0. The lowest BCUT2D eigenvalue weighted by molar-refractivity contribution is 0.283. The number of hydrogen-bond donors (Lipinski definition) is 1. The number of nitrogens with one attached hydrogen (secondary N) is 1. The van der Waals surface area contributed by atoms with E-state index in [0.29, 0.717) is 0 Å². The average Bonchev–Trinajstić information content (AvgIpc) is 2.49. The Kier molecular flexibility index (Phi) is 1.46. The highest BCUT2D eigenvalue weighted by Crippen LogP contribution is 2.38. The summed E-state index contributed by atoms with van der Waals surface area (Å²) in [5.74, 6) is 1.19. The smallest absolute Gasteiger partial charge is 0.154 e. The molecule has 0 amide bonds. The van der Waals surface area contributed by atoms with Crippen LogP contribution in [-0.4, -0.2) is 26.5 Å². The molecule has 1 fully saturated rings. The fraction of sp³-hybridized carbons (Fsp3) is 0.556. The first kappa shape index (κ1) is 8.49. The molecule has 14 heavy (non-hydrogen) atoms. The third kappa shape index (κ3) is 0.994. The van der Waals surface area contributed by atoms with Gasteiger partial charge < -0.3 is 9.73 Å². The van der Waals surface area contributed by atoms with Gasteiger partial charge in [0.25, 0.3) is 0 Å². The summed E-state index contributed by atoms with van der Waals surface area (Å²) in [7, 11) is -2.83. The quantitative estimate of drug-likeness (QED) is 0.661. The fourth-order valence-corrected chi connectivity index (χ4v) is 4.29. The van der Waals surface area contributed by atoms with Crippen LogP contribution < -0.4 is 5.32 Å². The zero-order chi connectivity index (χ0) is 9.81. The van der Waals surface area contributed by atoms with Gasteiger partial charge in [-0.1, -0.05) is 0 Å². The summed E-state index contributed by atoms with van der Waals surface area (Å²) in [6.07, 6.45) is 2.57. The van der Waals surface area contributed by atoms with E-state index in [0.717, 1.165) is 24.3 Å². The van der Waals surface area contributed by atoms with Gasteiger partial charge in [0.15, 0.2) is 9.84 Å². The lowest BCUT2D eigenvalue weighted by Crippen LogP contribution is -2.63. The second-order valence-electron chi connectivity index (χ2n) is 4.07. The van der Waals surface area contributed by atoms with Gasteiger partial charge in [0, 0.05) is 6.54 Å². The van der Waals surface area contributed by atoms with Crippen LogP contribution in [0, 0.1) is 0 Å². The molecule has 2 aliphatic rings. The van der Waals surface area contributed by atoms with E-state index in [2.05, 4.69) is 5.32 Å². The second kappa shape index (κ2) is 2.41. The van der Waals surface area contributed by atoms with Crippen molar-refractivity contribution in [2.75, 3.05) is 18.1 Å². The van der Waals surface area contributed by atoms with Crippen molar-refractivity contribution in [2.45, 2.75) is 12.0 Å². The highest BCUT2D eigenvalue weighted by Gasteiger charge is 2.53. The first-order chi connectivity index (χ1) is 6.61. The van der Waals surface area contributed by atoms with Crippen molar-refractivity contribution in [3.8, 4) is 0 Å². The van der Waals surface area contributed by atoms with Crippen LogP contribution in [0.4, 0.5) is 0 Å². The molecule has 2 aliphatic heterocycles. The predicted octanol–water partition coefficient (Wildman–Crippen LogP) is 0.0490. The van der Waals surface area contributed by atoms with Crippen LogP contribution in [0.1, 0.15) is 11.3 Å². The van der Waals surface area contributed by atoms with E-state index in [1.165, 1.54) is 0 Å². The molecule has 0 saturated carbocycles. The van der Waals surface area contributed by atoms with E-state index in [-0.39, 0.29) is 11.5 Å². The first-order valence-electron chi connectivity index (χ1n) is 4.64. The molecule has 0 aliphatic carbocycles. The largest absolute Gasteiger partial charge is 0.467 e. The maximum atomic E-state index is 11.2. The van der Waals surface area contributed by atoms with Gasteiger partial charge in [0.05, 0.1) is 17.8 Å². The minimum absolute atomic E-state index is 0.181. The Labute approximate surface area is 82.2 Å². The molecule has 3 heterocycles. The molecule has 1 aromatic rings. The number of furan rings is 1. The maximum absolute atomic E-state index is 11.2. The van der Waals surface area contributed by atoms with Crippen LogP contribution in [0.15, 0.2) is 16.7 Å². The van der Waals surface area contributed by atoms with Crippen LogP contribution in [0.25, 0.3) is 0 Å². The molecule has 1 aromatic heterocycles. The molecule has 3 rings (SSSR count). The zero-order valence-corrected chi connectivity index (χ0v) is 8.43. The third-order valence-electron chi connectivity index (χ3n) is 2.97. The van der Waals surface area contributed by atoms with Crippen LogP contribution >= 0.6 is 0 Å². The summed E-state index contributed by atoms with van der Waals surface area (Å²) >= 11 is 0. The van der Waals surface area contributed by atoms with Crippen molar-refractivity contribution in [1.29, 1.82) is 0 Å². The Bertz CT molecular complexity index is 462. The summed E-state index contributed by atoms with van der Waals surface area (Å²) < 4.78 is 27.8. The van der Waals surface area contributed by atoms with Gasteiger partial charge in [-0.05, 0) is 18.1 Å². The minimum atomic E-state index is -2.83. The van der Waals surface area contributed by atoms with E-state index < -0.39 is 15.4 Å². The van der Waals surface area contributed by atoms with Crippen molar-refractivity contribution in [2.24, 2.45) is 0 Å². The lowest BCUT2D eigenvalue weighted by atomic mass is 9.91. The Morgan fingerprint density at radius 1 is 1.43 bits per heavy atom. The Hall–Kier alpha value is -0.810. The maximum Gasteiger partial charge on any atom is 0.154 e. The molecule has 0 unspecified atom stereocenters. The van der Waals surface area contributed by atoms with Crippen molar-refractivity contribution in [3.63, 3.8) is 0 Å². The van der Waals surface area contributed by atoms with Gasteiger partial charge in [0.1, 0.15) is 11.3 Å². The first-order valence-corrected chi connectivity index (χ1v) is 6.46. The summed E-state index contributed by atoms with van der Waals surface area (Å²) in [6.45, 7) is 0.835. The molecule has 4 nitrogen and oxygen atoms in total. The highest BCUT2D eigenvalue weighted by molar-refractivity contribution is 7.93. The molecule has 0 aromatic carbocycles. The Morgan fingerprint density at radius 2 is 2.21 bits per heavy atom. The second-order valence-corrected chi connectivity index (χ2v) is 6.13. The van der Waals surface area contributed by atoms with Gasteiger partial charge >= 0.3 is 0 Å². The van der Waals surface area contributed by atoms with E-state index >= 15 is 0 Å². The van der Waals surface area contributed by atoms with Crippen molar-refractivity contribution in [3.05, 3.63) is 23.7 Å². The molecule has 1 N–H and O–H groups in total. The van der Waals surface area contributed by atoms with Gasteiger partial charge in [-0.3, -0.25) is 0 Å². The molecule has 5 heteroatoms. The molecule has 0 atom stereocenters. The Balaban J connectivity index is 2.06.